The molecule has 2 aromatic carbocycles. The van der Waals surface area contributed by atoms with Gasteiger partial charge in [0.25, 0.3) is 5.91 Å². The highest BCUT2D eigenvalue weighted by Gasteiger charge is 2.47. The Morgan fingerprint density at radius 1 is 1.06 bits per heavy atom. The average Bonchev–Trinajstić information content (AvgIpc) is 3.35. The molecule has 1 fully saturated rings. The predicted molar refractivity (Wildman–Crippen MR) is 110 cm³/mol. The SMILES string of the molecule is O=C1CC(N(Cc2ccco2)S(=O)(=O)c2ccc(Cl)cc2)C(=O)N1c1ccc(F)cc1. The van der Waals surface area contributed by atoms with E-state index in [9.17, 15) is 22.4 Å². The van der Waals surface area contributed by atoms with E-state index in [0.717, 1.165) is 21.3 Å². The van der Waals surface area contributed by atoms with Crippen molar-refractivity contribution in [2.45, 2.75) is 23.9 Å². The van der Waals surface area contributed by atoms with Gasteiger partial charge in [0.1, 0.15) is 17.6 Å². The quantitative estimate of drug-likeness (QED) is 0.522. The number of imide groups is 1. The summed E-state index contributed by atoms with van der Waals surface area (Å²) in [5.41, 5.74) is 0.167. The number of carbonyl (C=O) groups is 2. The van der Waals surface area contributed by atoms with Crippen LogP contribution in [0.25, 0.3) is 0 Å². The molecule has 2 amide bonds. The summed E-state index contributed by atoms with van der Waals surface area (Å²) < 4.78 is 46.3. The van der Waals surface area contributed by atoms with Crippen LogP contribution in [0.3, 0.4) is 0 Å². The van der Waals surface area contributed by atoms with Crippen molar-refractivity contribution in [1.29, 1.82) is 0 Å². The second-order valence-corrected chi connectivity index (χ2v) is 9.17. The maximum Gasteiger partial charge on any atom is 0.252 e. The van der Waals surface area contributed by atoms with Gasteiger partial charge in [-0.25, -0.2) is 17.7 Å². The lowest BCUT2D eigenvalue weighted by atomic mass is 10.2. The van der Waals surface area contributed by atoms with E-state index < -0.39 is 33.7 Å². The highest BCUT2D eigenvalue weighted by Crippen LogP contribution is 2.31. The number of hydrogen-bond donors (Lipinski definition) is 0. The van der Waals surface area contributed by atoms with Crippen LogP contribution < -0.4 is 4.90 Å². The fraction of sp³-hybridized carbons (Fsp3) is 0.143. The zero-order valence-corrected chi connectivity index (χ0v) is 17.5. The van der Waals surface area contributed by atoms with Crippen molar-refractivity contribution in [3.8, 4) is 0 Å². The first-order chi connectivity index (χ1) is 14.8. The molecule has 0 spiro atoms. The minimum absolute atomic E-state index is 0.0797. The summed E-state index contributed by atoms with van der Waals surface area (Å²) in [6, 6.07) is 12.2. The van der Waals surface area contributed by atoms with Gasteiger partial charge >= 0.3 is 0 Å². The van der Waals surface area contributed by atoms with Crippen LogP contribution in [-0.4, -0.2) is 30.6 Å². The van der Waals surface area contributed by atoms with Crippen LogP contribution in [0.2, 0.25) is 5.02 Å². The van der Waals surface area contributed by atoms with Crippen molar-refractivity contribution >= 4 is 39.1 Å². The monoisotopic (exact) mass is 462 g/mol. The highest BCUT2D eigenvalue weighted by atomic mass is 35.5. The molecule has 160 valence electrons. The third-order valence-electron chi connectivity index (χ3n) is 4.87. The fourth-order valence-corrected chi connectivity index (χ4v) is 5.04. The lowest BCUT2D eigenvalue weighted by Crippen LogP contribution is -2.45. The molecule has 3 aromatic rings. The van der Waals surface area contributed by atoms with Gasteiger partial charge < -0.3 is 4.42 Å². The molecule has 4 rings (SSSR count). The highest BCUT2D eigenvalue weighted by molar-refractivity contribution is 7.89. The molecule has 1 unspecified atom stereocenters. The number of amides is 2. The van der Waals surface area contributed by atoms with Gasteiger partial charge in [-0.05, 0) is 60.7 Å². The van der Waals surface area contributed by atoms with Crippen molar-refractivity contribution in [3.63, 3.8) is 0 Å². The number of nitrogens with zero attached hydrogens (tertiary/aromatic N) is 2. The van der Waals surface area contributed by atoms with Gasteiger partial charge in [-0.2, -0.15) is 4.31 Å². The number of benzene rings is 2. The van der Waals surface area contributed by atoms with E-state index in [1.54, 1.807) is 12.1 Å². The maximum absolute atomic E-state index is 13.4. The molecule has 31 heavy (non-hydrogen) atoms. The van der Waals surface area contributed by atoms with Crippen LogP contribution in [0.4, 0.5) is 10.1 Å². The lowest BCUT2D eigenvalue weighted by Gasteiger charge is -2.26. The number of sulfonamides is 1. The molecule has 0 saturated carbocycles. The summed E-state index contributed by atoms with van der Waals surface area (Å²) in [6.45, 7) is -0.251. The number of carbonyl (C=O) groups excluding carboxylic acids is 2. The molecule has 10 heteroatoms. The fourth-order valence-electron chi connectivity index (χ4n) is 3.36. The minimum Gasteiger partial charge on any atom is -0.468 e. The first-order valence-corrected chi connectivity index (χ1v) is 11.0. The lowest BCUT2D eigenvalue weighted by molar-refractivity contribution is -0.122. The van der Waals surface area contributed by atoms with E-state index in [2.05, 4.69) is 0 Å². The van der Waals surface area contributed by atoms with Crippen LogP contribution in [0.5, 0.6) is 0 Å². The van der Waals surface area contributed by atoms with Gasteiger partial charge in [-0.1, -0.05) is 11.6 Å². The normalized spacial score (nSPS) is 17.0. The Labute approximate surface area is 182 Å². The van der Waals surface area contributed by atoms with Crippen LogP contribution >= 0.6 is 11.6 Å². The Morgan fingerprint density at radius 2 is 1.74 bits per heavy atom. The van der Waals surface area contributed by atoms with Gasteiger partial charge in [0.2, 0.25) is 15.9 Å². The summed E-state index contributed by atoms with van der Waals surface area (Å²) in [7, 11) is -4.19. The number of rotatable bonds is 6. The Morgan fingerprint density at radius 3 is 2.35 bits per heavy atom. The Kier molecular flexibility index (Phi) is 5.65. The van der Waals surface area contributed by atoms with E-state index in [-0.39, 0.29) is 23.5 Å². The Hall–Kier alpha value is -3.01. The Balaban J connectivity index is 1.73. The topological polar surface area (TPSA) is 87.9 Å². The van der Waals surface area contributed by atoms with Crippen LogP contribution in [0.15, 0.2) is 76.2 Å². The summed E-state index contributed by atoms with van der Waals surface area (Å²) in [5.74, 6) is -1.53. The van der Waals surface area contributed by atoms with Crippen molar-refractivity contribution in [2.24, 2.45) is 0 Å². The average molecular weight is 463 g/mol. The second kappa shape index (κ2) is 8.26. The van der Waals surface area contributed by atoms with Gasteiger partial charge in [0.15, 0.2) is 0 Å². The van der Waals surface area contributed by atoms with Gasteiger partial charge in [-0.15, -0.1) is 0 Å². The largest absolute Gasteiger partial charge is 0.468 e. The zero-order chi connectivity index (χ0) is 22.2. The molecule has 1 aromatic heterocycles. The van der Waals surface area contributed by atoms with Gasteiger partial charge in [-0.3, -0.25) is 9.59 Å². The number of anilines is 1. The molecule has 1 atom stereocenters. The molecule has 1 aliphatic rings. The van der Waals surface area contributed by atoms with Crippen molar-refractivity contribution < 1.29 is 26.8 Å². The molecular formula is C21H16ClFN2O5S. The van der Waals surface area contributed by atoms with E-state index in [0.29, 0.717) is 10.8 Å². The van der Waals surface area contributed by atoms with E-state index in [1.807, 2.05) is 0 Å². The molecule has 0 aliphatic carbocycles. The number of furan rings is 1. The van der Waals surface area contributed by atoms with Crippen molar-refractivity contribution in [3.05, 3.63) is 83.5 Å². The van der Waals surface area contributed by atoms with E-state index in [1.165, 1.54) is 42.7 Å². The Bertz CT molecular complexity index is 1210. The predicted octanol–water partition coefficient (Wildman–Crippen LogP) is 3.60. The summed E-state index contributed by atoms with van der Waals surface area (Å²) in [5, 5.41) is 0.353. The molecule has 0 bridgehead atoms. The third kappa shape index (κ3) is 4.12. The molecule has 7 nitrogen and oxygen atoms in total. The third-order valence-corrected chi connectivity index (χ3v) is 6.99. The zero-order valence-electron chi connectivity index (χ0n) is 15.9. The number of halogens is 2. The van der Waals surface area contributed by atoms with E-state index in [4.69, 9.17) is 16.0 Å². The van der Waals surface area contributed by atoms with Crippen molar-refractivity contribution in [2.75, 3.05) is 4.90 Å². The first-order valence-electron chi connectivity index (χ1n) is 9.19. The molecule has 2 heterocycles. The maximum atomic E-state index is 13.4. The second-order valence-electron chi connectivity index (χ2n) is 6.85. The van der Waals surface area contributed by atoms with Gasteiger partial charge in [0.05, 0.1) is 29.8 Å². The summed E-state index contributed by atoms with van der Waals surface area (Å²) >= 11 is 5.87. The smallest absolute Gasteiger partial charge is 0.252 e. The summed E-state index contributed by atoms with van der Waals surface area (Å²) in [4.78, 5) is 26.6. The summed E-state index contributed by atoms with van der Waals surface area (Å²) in [6.07, 6.45) is 1.03. The molecule has 1 saturated heterocycles. The van der Waals surface area contributed by atoms with Crippen LogP contribution in [-0.2, 0) is 26.2 Å². The standard InChI is InChI=1S/C21H16ClFN2O5S/c22-14-3-9-18(10-4-14)31(28,29)24(13-17-2-1-11-30-17)19-12-20(26)25(21(19)27)16-7-5-15(23)6-8-16/h1-11,19H,12-13H2. The first kappa shape index (κ1) is 21.2. The number of hydrogen-bond acceptors (Lipinski definition) is 5. The molecule has 0 radical (unpaired) electrons. The molecule has 0 N–H and O–H groups in total. The van der Waals surface area contributed by atoms with Crippen LogP contribution in [0.1, 0.15) is 12.2 Å². The van der Waals surface area contributed by atoms with Crippen LogP contribution in [0, 0.1) is 5.82 Å². The molecule has 1 aliphatic heterocycles. The van der Waals surface area contributed by atoms with Crippen molar-refractivity contribution in [1.82, 2.24) is 4.31 Å². The van der Waals surface area contributed by atoms with E-state index >= 15 is 0 Å². The minimum atomic E-state index is -4.19. The molecular weight excluding hydrogens is 447 g/mol. The van der Waals surface area contributed by atoms with Gasteiger partial charge in [0, 0.05) is 5.02 Å².